The quantitative estimate of drug-likeness (QED) is 0.186. The molecule has 31 heavy (non-hydrogen) atoms. The second kappa shape index (κ2) is 8.81. The van der Waals surface area contributed by atoms with Gasteiger partial charge in [0.1, 0.15) is 16.9 Å². The number of nitrogens with zero attached hydrogens (tertiary/aromatic N) is 4. The Hall–Kier alpha value is -0.880. The van der Waals surface area contributed by atoms with Crippen molar-refractivity contribution >= 4 is 73.1 Å². The Morgan fingerprint density at radius 3 is 2.55 bits per heavy atom. The third kappa shape index (κ3) is 4.62. The van der Waals surface area contributed by atoms with Crippen LogP contribution in [0.25, 0.3) is 10.9 Å². The summed E-state index contributed by atoms with van der Waals surface area (Å²) in [7, 11) is 0. The molecular formula is C21H25BrFIN4O2S. The van der Waals surface area contributed by atoms with Crippen LogP contribution in [0.4, 0.5) is 15.0 Å². The van der Waals surface area contributed by atoms with Gasteiger partial charge in [-0.05, 0) is 84.0 Å². The molecule has 1 aromatic heterocycles. The van der Waals surface area contributed by atoms with Gasteiger partial charge >= 0.3 is 6.09 Å². The first-order chi connectivity index (χ1) is 14.6. The minimum absolute atomic E-state index is 0.0558. The number of hydrogen-bond acceptors (Lipinski definition) is 6. The summed E-state index contributed by atoms with van der Waals surface area (Å²) in [6.45, 7) is 8.97. The predicted octanol–water partition coefficient (Wildman–Crippen LogP) is 5.84. The number of hydrogen-bond donors (Lipinski definition) is 0. The van der Waals surface area contributed by atoms with Crippen molar-refractivity contribution in [2.75, 3.05) is 23.7 Å². The van der Waals surface area contributed by atoms with Gasteiger partial charge in [-0.15, -0.1) is 0 Å². The van der Waals surface area contributed by atoms with E-state index in [0.29, 0.717) is 33.6 Å². The zero-order chi connectivity index (χ0) is 22.5. The molecule has 0 N–H and O–H groups in total. The van der Waals surface area contributed by atoms with Crippen LogP contribution < -0.4 is 4.90 Å². The maximum absolute atomic E-state index is 15.1. The van der Waals surface area contributed by atoms with Crippen LogP contribution >= 0.6 is 50.3 Å². The van der Waals surface area contributed by atoms with Gasteiger partial charge in [0, 0.05) is 22.0 Å². The minimum Gasteiger partial charge on any atom is -0.444 e. The average molecular weight is 623 g/mol. The summed E-state index contributed by atoms with van der Waals surface area (Å²) in [5.41, 5.74) is -0.195. The fraction of sp³-hybridized carbons (Fsp3) is 0.571. The molecule has 168 valence electrons. The van der Waals surface area contributed by atoms with Gasteiger partial charge < -0.3 is 9.64 Å². The van der Waals surface area contributed by atoms with E-state index in [-0.39, 0.29) is 24.0 Å². The van der Waals surface area contributed by atoms with E-state index in [0.717, 1.165) is 28.0 Å². The number of carbonyl (C=O) groups excluding carboxylic acids is 1. The van der Waals surface area contributed by atoms with E-state index in [1.165, 1.54) is 11.8 Å². The maximum Gasteiger partial charge on any atom is 0.410 e. The Morgan fingerprint density at radius 2 is 1.97 bits per heavy atom. The Balaban J connectivity index is 1.71. The molecule has 0 aliphatic carbocycles. The van der Waals surface area contributed by atoms with Gasteiger partial charge in [0.15, 0.2) is 11.0 Å². The Kier molecular flexibility index (Phi) is 6.62. The largest absolute Gasteiger partial charge is 0.444 e. The zero-order valence-electron chi connectivity index (χ0n) is 17.9. The molecule has 2 saturated heterocycles. The van der Waals surface area contributed by atoms with Crippen molar-refractivity contribution in [3.63, 3.8) is 0 Å². The number of benzene rings is 1. The summed E-state index contributed by atoms with van der Waals surface area (Å²) in [4.78, 5) is 26.2. The summed E-state index contributed by atoms with van der Waals surface area (Å²) in [5, 5.41) is 1.27. The van der Waals surface area contributed by atoms with Gasteiger partial charge in [0.25, 0.3) is 0 Å². The highest BCUT2D eigenvalue weighted by Gasteiger charge is 2.45. The second-order valence-corrected chi connectivity index (χ2v) is 12.0. The number of fused-ring (bicyclic) bond motifs is 3. The number of anilines is 1. The lowest BCUT2D eigenvalue weighted by Crippen LogP contribution is -2.57. The molecule has 2 atom stereocenters. The van der Waals surface area contributed by atoms with Crippen molar-refractivity contribution < 1.29 is 13.9 Å². The molecular weight excluding hydrogens is 598 g/mol. The molecule has 2 aromatic rings. The van der Waals surface area contributed by atoms with E-state index in [4.69, 9.17) is 9.72 Å². The summed E-state index contributed by atoms with van der Waals surface area (Å²) in [6, 6.07) is 2.04. The van der Waals surface area contributed by atoms with Crippen molar-refractivity contribution in [3.05, 3.63) is 19.9 Å². The van der Waals surface area contributed by atoms with E-state index in [9.17, 15) is 4.79 Å². The number of piperazine rings is 1. The molecule has 2 fully saturated rings. The van der Waals surface area contributed by atoms with E-state index >= 15 is 4.39 Å². The zero-order valence-corrected chi connectivity index (χ0v) is 22.5. The molecule has 2 unspecified atom stereocenters. The van der Waals surface area contributed by atoms with Crippen LogP contribution in [0.2, 0.25) is 0 Å². The molecule has 6 nitrogen and oxygen atoms in total. The Morgan fingerprint density at radius 1 is 1.32 bits per heavy atom. The fourth-order valence-corrected chi connectivity index (χ4v) is 5.68. The normalized spacial score (nSPS) is 21.1. The topological polar surface area (TPSA) is 58.6 Å². The lowest BCUT2D eigenvalue weighted by Gasteiger charge is -2.42. The van der Waals surface area contributed by atoms with E-state index in [2.05, 4.69) is 48.4 Å². The highest BCUT2D eigenvalue weighted by molar-refractivity contribution is 14.1. The van der Waals surface area contributed by atoms with Crippen molar-refractivity contribution in [3.8, 4) is 0 Å². The third-order valence-corrected chi connectivity index (χ3v) is 8.54. The number of halogens is 3. The number of ether oxygens (including phenoxy) is 1. The molecule has 10 heteroatoms. The summed E-state index contributed by atoms with van der Waals surface area (Å²) in [6.07, 6.45) is 1.61. The Bertz CT molecular complexity index is 1020. The molecule has 1 aromatic carbocycles. The summed E-state index contributed by atoms with van der Waals surface area (Å²) < 4.78 is 21.9. The first-order valence-corrected chi connectivity index (χ1v) is 13.2. The highest BCUT2D eigenvalue weighted by atomic mass is 127. The molecule has 2 aliphatic heterocycles. The van der Waals surface area contributed by atoms with Crippen LogP contribution in [0.3, 0.4) is 0 Å². The molecule has 0 saturated carbocycles. The number of rotatable bonds is 3. The van der Waals surface area contributed by atoms with Gasteiger partial charge in [-0.25, -0.2) is 19.2 Å². The number of thioether (sulfide) groups is 1. The standard InChI is InChI=1S/C21H25BrFIN4O2S/c1-5-31-19-25-17-13(8-14(24)15(22)16(17)23)18(26-19)27-9-11-6-7-12(10-27)28(11)20(29)30-21(2,3)4/h8,11-12H,5-7,9-10H2,1-4H3. The molecule has 1 amide bonds. The number of amides is 1. The van der Waals surface area contributed by atoms with E-state index in [1.807, 2.05) is 38.7 Å². The predicted molar refractivity (Wildman–Crippen MR) is 133 cm³/mol. The van der Waals surface area contributed by atoms with E-state index < -0.39 is 5.60 Å². The number of carbonyl (C=O) groups is 1. The Labute approximate surface area is 207 Å². The molecule has 2 aliphatic rings. The second-order valence-electron chi connectivity index (χ2n) is 8.82. The minimum atomic E-state index is -0.523. The molecule has 0 radical (unpaired) electrons. The van der Waals surface area contributed by atoms with Gasteiger partial charge in [-0.3, -0.25) is 4.90 Å². The monoisotopic (exact) mass is 622 g/mol. The average Bonchev–Trinajstić information content (AvgIpc) is 2.95. The van der Waals surface area contributed by atoms with Crippen LogP contribution in [0, 0.1) is 9.39 Å². The van der Waals surface area contributed by atoms with Crippen LogP contribution in [0.15, 0.2) is 15.7 Å². The van der Waals surface area contributed by atoms with Gasteiger partial charge in [0.2, 0.25) is 0 Å². The molecule has 2 bridgehead atoms. The van der Waals surface area contributed by atoms with E-state index in [1.54, 1.807) is 0 Å². The SMILES string of the molecule is CCSc1nc(N2CC3CCC(C2)N3C(=O)OC(C)(C)C)c2cc(I)c(Br)c(F)c2n1. The van der Waals surface area contributed by atoms with Crippen molar-refractivity contribution in [1.29, 1.82) is 0 Å². The van der Waals surface area contributed by atoms with Crippen LogP contribution in [-0.4, -0.2) is 57.5 Å². The first-order valence-electron chi connectivity index (χ1n) is 10.3. The van der Waals surface area contributed by atoms with Crippen molar-refractivity contribution in [2.45, 2.75) is 63.4 Å². The molecule has 0 spiro atoms. The van der Waals surface area contributed by atoms with Crippen LogP contribution in [0.5, 0.6) is 0 Å². The van der Waals surface area contributed by atoms with Gasteiger partial charge in [-0.2, -0.15) is 0 Å². The maximum atomic E-state index is 15.1. The summed E-state index contributed by atoms with van der Waals surface area (Å²) in [5.74, 6) is 1.18. The lowest BCUT2D eigenvalue weighted by molar-refractivity contribution is 0.0123. The molecule has 4 rings (SSSR count). The number of aromatic nitrogens is 2. The lowest BCUT2D eigenvalue weighted by atomic mass is 10.1. The molecule has 3 heterocycles. The van der Waals surface area contributed by atoms with Gasteiger partial charge in [-0.1, -0.05) is 18.7 Å². The fourth-order valence-electron chi connectivity index (χ4n) is 4.26. The smallest absolute Gasteiger partial charge is 0.410 e. The third-order valence-electron chi connectivity index (χ3n) is 5.45. The van der Waals surface area contributed by atoms with Crippen molar-refractivity contribution in [1.82, 2.24) is 14.9 Å². The van der Waals surface area contributed by atoms with Gasteiger partial charge in [0.05, 0.1) is 16.6 Å². The van der Waals surface area contributed by atoms with Crippen LogP contribution in [0.1, 0.15) is 40.5 Å². The summed E-state index contributed by atoms with van der Waals surface area (Å²) >= 11 is 6.96. The first kappa shape index (κ1) is 23.3. The van der Waals surface area contributed by atoms with Crippen LogP contribution in [-0.2, 0) is 4.74 Å². The highest BCUT2D eigenvalue weighted by Crippen LogP contribution is 2.38. The van der Waals surface area contributed by atoms with Crippen molar-refractivity contribution in [2.24, 2.45) is 0 Å².